The summed E-state index contributed by atoms with van der Waals surface area (Å²) in [5.41, 5.74) is 0.982. The Morgan fingerprint density at radius 3 is 2.25 bits per heavy atom. The summed E-state index contributed by atoms with van der Waals surface area (Å²) >= 11 is 0. The van der Waals surface area contributed by atoms with Crippen LogP contribution in [0.4, 0.5) is 0 Å². The first kappa shape index (κ1) is 11.6. The normalized spacial score (nSPS) is 10.3. The SMILES string of the molecule is OCc1ccccc1SSc1ccccc1. The van der Waals surface area contributed by atoms with Crippen molar-refractivity contribution < 1.29 is 5.11 Å². The Balaban J connectivity index is 2.05. The summed E-state index contributed by atoms with van der Waals surface area (Å²) in [7, 11) is 3.39. The summed E-state index contributed by atoms with van der Waals surface area (Å²) in [6.07, 6.45) is 0. The van der Waals surface area contributed by atoms with E-state index in [2.05, 4.69) is 12.1 Å². The highest BCUT2D eigenvalue weighted by atomic mass is 33.1. The highest BCUT2D eigenvalue weighted by molar-refractivity contribution is 8.76. The van der Waals surface area contributed by atoms with E-state index in [0.717, 1.165) is 10.5 Å². The van der Waals surface area contributed by atoms with Crippen LogP contribution in [0.2, 0.25) is 0 Å². The predicted molar refractivity (Wildman–Crippen MR) is 70.5 cm³/mol. The van der Waals surface area contributed by atoms with E-state index in [-0.39, 0.29) is 6.61 Å². The van der Waals surface area contributed by atoms with Crippen molar-refractivity contribution >= 4 is 21.6 Å². The van der Waals surface area contributed by atoms with Crippen molar-refractivity contribution in [1.29, 1.82) is 0 Å². The van der Waals surface area contributed by atoms with Crippen LogP contribution in [0, 0.1) is 0 Å². The molecule has 0 atom stereocenters. The summed E-state index contributed by atoms with van der Waals surface area (Å²) in [5.74, 6) is 0. The van der Waals surface area contributed by atoms with Crippen molar-refractivity contribution in [3.63, 3.8) is 0 Å². The standard InChI is InChI=1S/C13H12OS2/c14-10-11-6-4-5-9-13(11)16-15-12-7-2-1-3-8-12/h1-9,14H,10H2. The van der Waals surface area contributed by atoms with Gasteiger partial charge in [0.2, 0.25) is 0 Å². The van der Waals surface area contributed by atoms with Crippen LogP contribution in [0.5, 0.6) is 0 Å². The molecule has 3 heteroatoms. The minimum absolute atomic E-state index is 0.0958. The predicted octanol–water partition coefficient (Wildman–Crippen LogP) is 3.98. The van der Waals surface area contributed by atoms with Crippen molar-refractivity contribution in [1.82, 2.24) is 0 Å². The van der Waals surface area contributed by atoms with Crippen LogP contribution in [-0.4, -0.2) is 5.11 Å². The van der Waals surface area contributed by atoms with E-state index in [1.54, 1.807) is 21.6 Å². The Kier molecular flexibility index (Phi) is 4.34. The monoisotopic (exact) mass is 248 g/mol. The summed E-state index contributed by atoms with van der Waals surface area (Å²) < 4.78 is 0. The molecule has 0 unspecified atom stereocenters. The van der Waals surface area contributed by atoms with E-state index in [1.807, 2.05) is 42.5 Å². The van der Waals surface area contributed by atoms with E-state index in [4.69, 9.17) is 0 Å². The fourth-order valence-corrected chi connectivity index (χ4v) is 3.49. The zero-order valence-corrected chi connectivity index (χ0v) is 10.3. The minimum atomic E-state index is 0.0958. The van der Waals surface area contributed by atoms with Gasteiger partial charge in [-0.25, -0.2) is 0 Å². The highest BCUT2D eigenvalue weighted by Gasteiger charge is 2.02. The van der Waals surface area contributed by atoms with Crippen LogP contribution < -0.4 is 0 Å². The minimum Gasteiger partial charge on any atom is -0.392 e. The van der Waals surface area contributed by atoms with Crippen LogP contribution in [0.1, 0.15) is 5.56 Å². The van der Waals surface area contributed by atoms with E-state index in [1.165, 1.54) is 4.90 Å². The van der Waals surface area contributed by atoms with E-state index in [9.17, 15) is 5.11 Å². The quantitative estimate of drug-likeness (QED) is 0.826. The van der Waals surface area contributed by atoms with E-state index >= 15 is 0 Å². The first-order valence-electron chi connectivity index (χ1n) is 4.98. The number of hydrogen-bond acceptors (Lipinski definition) is 3. The average molecular weight is 248 g/mol. The molecule has 2 rings (SSSR count). The van der Waals surface area contributed by atoms with E-state index in [0.29, 0.717) is 0 Å². The molecular formula is C13H12OS2. The summed E-state index contributed by atoms with van der Waals surface area (Å²) in [4.78, 5) is 2.35. The zero-order valence-electron chi connectivity index (χ0n) is 8.67. The Bertz CT molecular complexity index is 443. The van der Waals surface area contributed by atoms with Gasteiger partial charge < -0.3 is 5.11 Å². The second kappa shape index (κ2) is 5.99. The molecule has 0 aromatic heterocycles. The van der Waals surface area contributed by atoms with Gasteiger partial charge in [0.05, 0.1) is 6.61 Å². The highest BCUT2D eigenvalue weighted by Crippen LogP contribution is 2.38. The van der Waals surface area contributed by atoms with Gasteiger partial charge in [0.25, 0.3) is 0 Å². The Labute approximate surface area is 103 Å². The van der Waals surface area contributed by atoms with Crippen LogP contribution in [0.25, 0.3) is 0 Å². The Morgan fingerprint density at radius 2 is 1.50 bits per heavy atom. The Morgan fingerprint density at radius 1 is 0.812 bits per heavy atom. The molecule has 0 aliphatic heterocycles. The van der Waals surface area contributed by atoms with E-state index < -0.39 is 0 Å². The third kappa shape index (κ3) is 3.04. The molecule has 0 saturated heterocycles. The molecule has 0 aliphatic carbocycles. The van der Waals surface area contributed by atoms with Gasteiger partial charge in [-0.05, 0) is 23.8 Å². The van der Waals surface area contributed by atoms with Gasteiger partial charge in [0, 0.05) is 9.79 Å². The average Bonchev–Trinajstić information content (AvgIpc) is 2.38. The van der Waals surface area contributed by atoms with Crippen molar-refractivity contribution in [2.75, 3.05) is 0 Å². The number of aliphatic hydroxyl groups is 1. The molecular weight excluding hydrogens is 236 g/mol. The van der Waals surface area contributed by atoms with Crippen LogP contribution in [-0.2, 0) is 6.61 Å². The van der Waals surface area contributed by atoms with Gasteiger partial charge in [-0.2, -0.15) is 0 Å². The zero-order chi connectivity index (χ0) is 11.2. The molecule has 2 aromatic rings. The van der Waals surface area contributed by atoms with Crippen molar-refractivity contribution in [2.24, 2.45) is 0 Å². The number of hydrogen-bond donors (Lipinski definition) is 1. The van der Waals surface area contributed by atoms with Crippen molar-refractivity contribution in [3.8, 4) is 0 Å². The first-order chi connectivity index (χ1) is 7.90. The third-order valence-electron chi connectivity index (χ3n) is 2.11. The summed E-state index contributed by atoms with van der Waals surface area (Å²) in [5, 5.41) is 9.19. The lowest BCUT2D eigenvalue weighted by Gasteiger charge is -2.05. The molecule has 1 nitrogen and oxygen atoms in total. The topological polar surface area (TPSA) is 20.2 Å². The Hall–Kier alpha value is -0.900. The van der Waals surface area contributed by atoms with Crippen molar-refractivity contribution in [3.05, 3.63) is 60.2 Å². The van der Waals surface area contributed by atoms with Gasteiger partial charge in [-0.15, -0.1) is 0 Å². The molecule has 0 spiro atoms. The largest absolute Gasteiger partial charge is 0.392 e. The smallest absolute Gasteiger partial charge is 0.0693 e. The molecule has 82 valence electrons. The second-order valence-electron chi connectivity index (χ2n) is 3.25. The maximum absolute atomic E-state index is 9.19. The molecule has 0 saturated carbocycles. The molecule has 0 aliphatic rings. The second-order valence-corrected chi connectivity index (χ2v) is 5.49. The van der Waals surface area contributed by atoms with Gasteiger partial charge >= 0.3 is 0 Å². The summed E-state index contributed by atoms with van der Waals surface area (Å²) in [6, 6.07) is 18.2. The fourth-order valence-electron chi connectivity index (χ4n) is 1.28. The fraction of sp³-hybridized carbons (Fsp3) is 0.0769. The third-order valence-corrected chi connectivity index (χ3v) is 4.61. The molecule has 2 aromatic carbocycles. The maximum Gasteiger partial charge on any atom is 0.0693 e. The van der Waals surface area contributed by atoms with Crippen LogP contribution >= 0.6 is 21.6 Å². The lowest BCUT2D eigenvalue weighted by Crippen LogP contribution is -1.84. The number of rotatable bonds is 4. The first-order valence-corrected chi connectivity index (χ1v) is 7.13. The van der Waals surface area contributed by atoms with Crippen molar-refractivity contribution in [2.45, 2.75) is 16.4 Å². The molecule has 0 heterocycles. The lowest BCUT2D eigenvalue weighted by atomic mass is 10.2. The lowest BCUT2D eigenvalue weighted by molar-refractivity contribution is 0.279. The summed E-state index contributed by atoms with van der Waals surface area (Å²) in [6.45, 7) is 0.0958. The molecule has 0 amide bonds. The molecule has 16 heavy (non-hydrogen) atoms. The maximum atomic E-state index is 9.19. The van der Waals surface area contributed by atoms with Crippen LogP contribution in [0.3, 0.4) is 0 Å². The van der Waals surface area contributed by atoms with Crippen LogP contribution in [0.15, 0.2) is 64.4 Å². The van der Waals surface area contributed by atoms with Gasteiger partial charge in [0.15, 0.2) is 0 Å². The van der Waals surface area contributed by atoms with Gasteiger partial charge in [-0.3, -0.25) is 0 Å². The number of aliphatic hydroxyl groups excluding tert-OH is 1. The molecule has 0 radical (unpaired) electrons. The molecule has 0 bridgehead atoms. The van der Waals surface area contributed by atoms with Gasteiger partial charge in [-0.1, -0.05) is 58.0 Å². The molecule has 0 fully saturated rings. The molecule has 1 N–H and O–H groups in total. The number of benzene rings is 2. The van der Waals surface area contributed by atoms with Gasteiger partial charge in [0.1, 0.15) is 0 Å².